The molecule has 0 aliphatic heterocycles. The fourth-order valence-electron chi connectivity index (χ4n) is 2.56. The quantitative estimate of drug-likeness (QED) is 0.800. The van der Waals surface area contributed by atoms with Crippen molar-refractivity contribution in [1.82, 2.24) is 0 Å². The number of amides is 1. The molecule has 0 radical (unpaired) electrons. The van der Waals surface area contributed by atoms with E-state index in [9.17, 15) is 4.79 Å². The van der Waals surface area contributed by atoms with E-state index in [1.165, 1.54) is 0 Å². The highest BCUT2D eigenvalue weighted by Gasteiger charge is 2.49. The molecular weight excluding hydrogens is 357 g/mol. The van der Waals surface area contributed by atoms with E-state index in [0.717, 1.165) is 9.13 Å². The third kappa shape index (κ3) is 3.02. The molecule has 0 aliphatic rings. The number of carbonyl (C=O) groups is 1. The summed E-state index contributed by atoms with van der Waals surface area (Å²) < 4.78 is 12.1. The number of benzene rings is 1. The summed E-state index contributed by atoms with van der Waals surface area (Å²) in [6, 6.07) is 7.89. The first kappa shape index (κ1) is 16.2. The summed E-state index contributed by atoms with van der Waals surface area (Å²) in [5.74, 6) is 0. The molecule has 1 aromatic carbocycles. The third-order valence-corrected chi connectivity index (χ3v) is 4.42. The summed E-state index contributed by atoms with van der Waals surface area (Å²) in [6.07, 6.45) is -0.144. The minimum atomic E-state index is -0.871. The average Bonchev–Trinajstić information content (AvgIpc) is 2.31. The highest BCUT2D eigenvalue weighted by Crippen LogP contribution is 2.43. The summed E-state index contributed by atoms with van der Waals surface area (Å²) in [4.78, 5) is 11.2. The van der Waals surface area contributed by atoms with Crippen LogP contribution in [0.5, 0.6) is 0 Å². The Balaban J connectivity index is 3.40. The number of carbonyl (C=O) groups excluding carboxylic acids is 1. The molecular formula is C14H20INO3. The first-order chi connectivity index (χ1) is 8.80. The van der Waals surface area contributed by atoms with Gasteiger partial charge in [0, 0.05) is 16.2 Å². The fourth-order valence-corrected chi connectivity index (χ4v) is 3.39. The summed E-state index contributed by atoms with van der Waals surface area (Å²) in [5, 5.41) is 0. The molecule has 0 unspecified atom stereocenters. The van der Waals surface area contributed by atoms with Crippen molar-refractivity contribution in [1.29, 1.82) is 0 Å². The lowest BCUT2D eigenvalue weighted by Crippen LogP contribution is -2.52. The monoisotopic (exact) mass is 377 g/mol. The second-order valence-corrected chi connectivity index (χ2v) is 5.96. The topological polar surface area (TPSA) is 61.6 Å². The standard InChI is InChI=1S/C14H20INO3/c1-5-14(18-4,13(2,3)19-12(16)17)10-8-6-7-9-11(10)15/h6-9H,5H2,1-4H3,(H2,16,17)/t14-/m0/s1. The molecule has 5 heteroatoms. The Labute approximate surface area is 127 Å². The van der Waals surface area contributed by atoms with Crippen LogP contribution in [-0.4, -0.2) is 18.8 Å². The van der Waals surface area contributed by atoms with Crippen LogP contribution in [0.4, 0.5) is 4.79 Å². The third-order valence-electron chi connectivity index (χ3n) is 3.48. The van der Waals surface area contributed by atoms with Crippen LogP contribution in [0, 0.1) is 3.57 Å². The lowest BCUT2D eigenvalue weighted by Gasteiger charge is -2.44. The number of primary amides is 1. The highest BCUT2D eigenvalue weighted by molar-refractivity contribution is 14.1. The molecule has 0 aromatic heterocycles. The van der Waals surface area contributed by atoms with Crippen LogP contribution in [-0.2, 0) is 15.1 Å². The van der Waals surface area contributed by atoms with Crippen LogP contribution < -0.4 is 5.73 Å². The molecule has 19 heavy (non-hydrogen) atoms. The maximum atomic E-state index is 11.2. The first-order valence-corrected chi connectivity index (χ1v) is 7.17. The van der Waals surface area contributed by atoms with Crippen molar-refractivity contribution in [2.75, 3.05) is 7.11 Å². The minimum absolute atomic E-state index is 0.657. The van der Waals surface area contributed by atoms with Gasteiger partial charge < -0.3 is 15.2 Å². The lowest BCUT2D eigenvalue weighted by atomic mass is 9.77. The second-order valence-electron chi connectivity index (χ2n) is 4.80. The number of nitrogens with two attached hydrogens (primary N) is 1. The molecule has 0 saturated heterocycles. The summed E-state index contributed by atoms with van der Waals surface area (Å²) >= 11 is 2.25. The van der Waals surface area contributed by atoms with Gasteiger partial charge in [-0.25, -0.2) is 4.79 Å². The number of rotatable bonds is 5. The van der Waals surface area contributed by atoms with Crippen LogP contribution >= 0.6 is 22.6 Å². The highest BCUT2D eigenvalue weighted by atomic mass is 127. The van der Waals surface area contributed by atoms with Gasteiger partial charge in [0.05, 0.1) is 0 Å². The van der Waals surface area contributed by atoms with Crippen molar-refractivity contribution in [3.05, 3.63) is 33.4 Å². The van der Waals surface area contributed by atoms with E-state index >= 15 is 0 Å². The average molecular weight is 377 g/mol. The Kier molecular flexibility index (Phi) is 5.20. The van der Waals surface area contributed by atoms with Gasteiger partial charge in [-0.15, -0.1) is 0 Å². The SMILES string of the molecule is CC[C@](OC)(c1ccccc1I)C(C)(C)OC(N)=O. The minimum Gasteiger partial charge on any atom is -0.440 e. The van der Waals surface area contributed by atoms with Gasteiger partial charge in [-0.2, -0.15) is 0 Å². The molecule has 1 atom stereocenters. The van der Waals surface area contributed by atoms with Gasteiger partial charge in [-0.1, -0.05) is 25.1 Å². The van der Waals surface area contributed by atoms with Crippen molar-refractivity contribution in [2.24, 2.45) is 5.73 Å². The number of hydrogen-bond acceptors (Lipinski definition) is 3. The van der Waals surface area contributed by atoms with Crippen molar-refractivity contribution in [3.63, 3.8) is 0 Å². The van der Waals surface area contributed by atoms with Gasteiger partial charge in [0.2, 0.25) is 0 Å². The predicted octanol–water partition coefficient (Wildman–Crippen LogP) is 3.42. The Hall–Kier alpha value is -0.820. The molecule has 0 saturated carbocycles. The van der Waals surface area contributed by atoms with E-state index < -0.39 is 17.3 Å². The maximum Gasteiger partial charge on any atom is 0.405 e. The van der Waals surface area contributed by atoms with Crippen molar-refractivity contribution in [2.45, 2.75) is 38.4 Å². The van der Waals surface area contributed by atoms with Crippen LogP contribution in [0.1, 0.15) is 32.8 Å². The van der Waals surface area contributed by atoms with E-state index in [0.29, 0.717) is 6.42 Å². The number of hydrogen-bond donors (Lipinski definition) is 1. The summed E-state index contributed by atoms with van der Waals surface area (Å²) in [6.45, 7) is 5.63. The van der Waals surface area contributed by atoms with Crippen molar-refractivity contribution in [3.8, 4) is 0 Å². The van der Waals surface area contributed by atoms with Gasteiger partial charge in [0.15, 0.2) is 0 Å². The van der Waals surface area contributed by atoms with Crippen molar-refractivity contribution >= 4 is 28.7 Å². The molecule has 4 nitrogen and oxygen atoms in total. The van der Waals surface area contributed by atoms with E-state index in [4.69, 9.17) is 15.2 Å². The normalized spacial score (nSPS) is 14.8. The van der Waals surface area contributed by atoms with E-state index in [1.807, 2.05) is 45.0 Å². The first-order valence-electron chi connectivity index (χ1n) is 6.09. The molecule has 1 rings (SSSR count). The fraction of sp³-hybridized carbons (Fsp3) is 0.500. The molecule has 1 aromatic rings. The Morgan fingerprint density at radius 1 is 1.37 bits per heavy atom. The van der Waals surface area contributed by atoms with E-state index in [1.54, 1.807) is 7.11 Å². The molecule has 1 amide bonds. The van der Waals surface area contributed by atoms with Crippen molar-refractivity contribution < 1.29 is 14.3 Å². The Morgan fingerprint density at radius 2 is 1.95 bits per heavy atom. The van der Waals surface area contributed by atoms with Crippen LogP contribution in [0.3, 0.4) is 0 Å². The van der Waals surface area contributed by atoms with Gasteiger partial charge >= 0.3 is 6.09 Å². The Bertz CT molecular complexity index is 456. The zero-order chi connectivity index (χ0) is 14.7. The zero-order valence-corrected chi connectivity index (χ0v) is 13.9. The largest absolute Gasteiger partial charge is 0.440 e. The van der Waals surface area contributed by atoms with E-state index in [2.05, 4.69) is 22.6 Å². The Morgan fingerprint density at radius 3 is 2.37 bits per heavy atom. The molecule has 0 fully saturated rings. The van der Waals surface area contributed by atoms with Gasteiger partial charge in [-0.05, 0) is 48.9 Å². The van der Waals surface area contributed by atoms with E-state index in [-0.39, 0.29) is 0 Å². The molecule has 0 aliphatic carbocycles. The summed E-state index contributed by atoms with van der Waals surface area (Å²) in [5.41, 5.74) is 4.57. The van der Waals surface area contributed by atoms with Crippen LogP contribution in [0.15, 0.2) is 24.3 Å². The lowest BCUT2D eigenvalue weighted by molar-refractivity contribution is -0.160. The van der Waals surface area contributed by atoms with Gasteiger partial charge in [0.1, 0.15) is 11.2 Å². The molecule has 0 spiro atoms. The predicted molar refractivity (Wildman–Crippen MR) is 82.9 cm³/mol. The number of ether oxygens (including phenoxy) is 2. The zero-order valence-electron chi connectivity index (χ0n) is 11.7. The smallest absolute Gasteiger partial charge is 0.405 e. The van der Waals surface area contributed by atoms with Gasteiger partial charge in [0.25, 0.3) is 0 Å². The second kappa shape index (κ2) is 6.09. The summed E-state index contributed by atoms with van der Waals surface area (Å²) in [7, 11) is 1.62. The van der Waals surface area contributed by atoms with Crippen LogP contribution in [0.25, 0.3) is 0 Å². The van der Waals surface area contributed by atoms with Gasteiger partial charge in [-0.3, -0.25) is 0 Å². The maximum absolute atomic E-state index is 11.2. The molecule has 0 heterocycles. The molecule has 106 valence electrons. The van der Waals surface area contributed by atoms with Crippen LogP contribution in [0.2, 0.25) is 0 Å². The number of halogens is 1. The molecule has 2 N–H and O–H groups in total. The number of methoxy groups -OCH3 is 1. The molecule has 0 bridgehead atoms.